The van der Waals surface area contributed by atoms with E-state index in [1.807, 2.05) is 0 Å². The van der Waals surface area contributed by atoms with E-state index in [2.05, 4.69) is 24.7 Å². The summed E-state index contributed by atoms with van der Waals surface area (Å²) in [6, 6.07) is 8.23. The number of nitrogens with one attached hydrogen (secondary N) is 1. The third-order valence-electron chi connectivity index (χ3n) is 3.56. The average Bonchev–Trinajstić information content (AvgIpc) is 2.97. The molecule has 28 heavy (non-hydrogen) atoms. The van der Waals surface area contributed by atoms with Gasteiger partial charge >= 0.3 is 18.1 Å². The molecule has 1 aromatic carbocycles. The standard InChI is InChI=1S/C17H10F3N5O3/c18-17(19,20)28-12-4-1-3-11(7-12)27-15-22-8-10(9-23-15)25-14-13(24-16(25)26)5-2-6-21-14/h1-9H,(H,24,26). The van der Waals surface area contributed by atoms with Gasteiger partial charge in [-0.1, -0.05) is 6.07 Å². The van der Waals surface area contributed by atoms with Crippen LogP contribution in [0.3, 0.4) is 0 Å². The average molecular weight is 389 g/mol. The summed E-state index contributed by atoms with van der Waals surface area (Å²) in [4.78, 5) is 26.9. The largest absolute Gasteiger partial charge is 0.573 e. The number of H-pyrrole nitrogens is 1. The third kappa shape index (κ3) is 3.63. The number of halogens is 3. The molecule has 0 atom stereocenters. The van der Waals surface area contributed by atoms with Crippen LogP contribution in [0.1, 0.15) is 0 Å². The second-order valence-electron chi connectivity index (χ2n) is 5.49. The highest BCUT2D eigenvalue weighted by Gasteiger charge is 2.31. The monoisotopic (exact) mass is 389 g/mol. The van der Waals surface area contributed by atoms with E-state index in [0.29, 0.717) is 16.9 Å². The number of pyridine rings is 1. The predicted octanol–water partition coefficient (Wildman–Crippen LogP) is 3.19. The molecule has 0 aliphatic carbocycles. The minimum atomic E-state index is -4.81. The van der Waals surface area contributed by atoms with Crippen LogP contribution in [-0.4, -0.2) is 30.9 Å². The number of imidazole rings is 1. The van der Waals surface area contributed by atoms with Gasteiger partial charge in [-0.3, -0.25) is 0 Å². The maximum atomic E-state index is 12.3. The highest BCUT2D eigenvalue weighted by atomic mass is 19.4. The van der Waals surface area contributed by atoms with Gasteiger partial charge in [-0.05, 0) is 24.3 Å². The summed E-state index contributed by atoms with van der Waals surface area (Å²) < 4.78 is 47.4. The normalized spacial score (nSPS) is 11.5. The Morgan fingerprint density at radius 3 is 2.50 bits per heavy atom. The molecule has 0 spiro atoms. The van der Waals surface area contributed by atoms with Crippen LogP contribution in [0.5, 0.6) is 17.5 Å². The fraction of sp³-hybridized carbons (Fsp3) is 0.0588. The lowest BCUT2D eigenvalue weighted by Gasteiger charge is -2.10. The molecule has 3 heterocycles. The van der Waals surface area contributed by atoms with Crippen LogP contribution < -0.4 is 15.2 Å². The van der Waals surface area contributed by atoms with E-state index in [9.17, 15) is 18.0 Å². The summed E-state index contributed by atoms with van der Waals surface area (Å²) in [6.07, 6.45) is -0.596. The zero-order chi connectivity index (χ0) is 19.7. The Morgan fingerprint density at radius 2 is 1.75 bits per heavy atom. The van der Waals surface area contributed by atoms with Crippen molar-refractivity contribution >= 4 is 11.2 Å². The van der Waals surface area contributed by atoms with Crippen LogP contribution in [0.4, 0.5) is 13.2 Å². The first-order chi connectivity index (χ1) is 13.4. The van der Waals surface area contributed by atoms with Gasteiger partial charge in [-0.25, -0.2) is 24.3 Å². The lowest BCUT2D eigenvalue weighted by Crippen LogP contribution is -2.17. The number of hydrogen-bond donors (Lipinski definition) is 1. The van der Waals surface area contributed by atoms with Crippen LogP contribution in [0.2, 0.25) is 0 Å². The van der Waals surface area contributed by atoms with Crippen molar-refractivity contribution in [2.45, 2.75) is 6.36 Å². The molecule has 4 aromatic rings. The summed E-state index contributed by atoms with van der Waals surface area (Å²) in [5.41, 5.74) is 0.885. The Balaban J connectivity index is 1.58. The fourth-order valence-electron chi connectivity index (χ4n) is 2.50. The molecule has 3 aromatic heterocycles. The Morgan fingerprint density at radius 1 is 1.00 bits per heavy atom. The third-order valence-corrected chi connectivity index (χ3v) is 3.56. The Kier molecular flexibility index (Phi) is 4.18. The molecule has 4 rings (SSSR count). The number of aromatic amines is 1. The molecule has 1 N–H and O–H groups in total. The van der Waals surface area contributed by atoms with Gasteiger partial charge in [0.25, 0.3) is 0 Å². The van der Waals surface area contributed by atoms with Gasteiger partial charge in [0.15, 0.2) is 5.65 Å². The number of nitrogens with zero attached hydrogens (tertiary/aromatic N) is 4. The van der Waals surface area contributed by atoms with Crippen molar-refractivity contribution in [1.29, 1.82) is 0 Å². The first-order valence-electron chi connectivity index (χ1n) is 7.81. The van der Waals surface area contributed by atoms with E-state index < -0.39 is 17.8 Å². The van der Waals surface area contributed by atoms with Crippen molar-refractivity contribution in [3.63, 3.8) is 0 Å². The molecule has 0 aliphatic rings. The van der Waals surface area contributed by atoms with E-state index in [-0.39, 0.29) is 11.8 Å². The van der Waals surface area contributed by atoms with Crippen LogP contribution in [0.15, 0.2) is 59.8 Å². The first-order valence-corrected chi connectivity index (χ1v) is 7.81. The van der Waals surface area contributed by atoms with Crippen molar-refractivity contribution in [2.24, 2.45) is 0 Å². The molecule has 142 valence electrons. The number of benzene rings is 1. The van der Waals surface area contributed by atoms with E-state index in [0.717, 1.165) is 12.1 Å². The summed E-state index contributed by atoms with van der Waals surface area (Å²) in [6.45, 7) is 0. The highest BCUT2D eigenvalue weighted by molar-refractivity contribution is 5.72. The second-order valence-corrected chi connectivity index (χ2v) is 5.49. The summed E-state index contributed by atoms with van der Waals surface area (Å²) in [5.74, 6) is -0.376. The van der Waals surface area contributed by atoms with Crippen molar-refractivity contribution in [3.8, 4) is 23.2 Å². The summed E-state index contributed by atoms with van der Waals surface area (Å²) in [7, 11) is 0. The van der Waals surface area contributed by atoms with Crippen molar-refractivity contribution < 1.29 is 22.6 Å². The number of hydrogen-bond acceptors (Lipinski definition) is 6. The van der Waals surface area contributed by atoms with E-state index >= 15 is 0 Å². The molecule has 8 nitrogen and oxygen atoms in total. The molecule has 0 bridgehead atoms. The van der Waals surface area contributed by atoms with Gasteiger partial charge in [0.1, 0.15) is 11.5 Å². The smallest absolute Gasteiger partial charge is 0.424 e. The minimum absolute atomic E-state index is 0.0560. The van der Waals surface area contributed by atoms with Gasteiger partial charge in [0.05, 0.1) is 23.6 Å². The molecule has 11 heteroatoms. The zero-order valence-corrected chi connectivity index (χ0v) is 13.8. The predicted molar refractivity (Wildman–Crippen MR) is 90.5 cm³/mol. The van der Waals surface area contributed by atoms with Crippen molar-refractivity contribution in [1.82, 2.24) is 24.5 Å². The number of rotatable bonds is 4. The topological polar surface area (TPSA) is 94.9 Å². The molecule has 0 saturated carbocycles. The molecule has 0 radical (unpaired) electrons. The summed E-state index contributed by atoms with van der Waals surface area (Å²) in [5, 5.41) is 0. The van der Waals surface area contributed by atoms with Gasteiger partial charge < -0.3 is 14.5 Å². The summed E-state index contributed by atoms with van der Waals surface area (Å²) >= 11 is 0. The van der Waals surface area contributed by atoms with E-state index in [4.69, 9.17) is 4.74 Å². The minimum Gasteiger partial charge on any atom is -0.424 e. The lowest BCUT2D eigenvalue weighted by atomic mass is 10.3. The number of alkyl halides is 3. The SMILES string of the molecule is O=c1[nH]c2cccnc2n1-c1cnc(Oc2cccc(OC(F)(F)F)c2)nc1. The molecule has 0 amide bonds. The number of fused-ring (bicyclic) bond motifs is 1. The van der Waals surface area contributed by atoms with Crippen LogP contribution in [-0.2, 0) is 0 Å². The van der Waals surface area contributed by atoms with Crippen molar-refractivity contribution in [2.75, 3.05) is 0 Å². The van der Waals surface area contributed by atoms with Gasteiger partial charge in [-0.2, -0.15) is 0 Å². The fourth-order valence-corrected chi connectivity index (χ4v) is 2.50. The highest BCUT2D eigenvalue weighted by Crippen LogP contribution is 2.27. The maximum absolute atomic E-state index is 12.3. The van der Waals surface area contributed by atoms with Crippen molar-refractivity contribution in [3.05, 3.63) is 65.5 Å². The van der Waals surface area contributed by atoms with Crippen LogP contribution in [0, 0.1) is 0 Å². The number of ether oxygens (including phenoxy) is 2. The quantitative estimate of drug-likeness (QED) is 0.576. The zero-order valence-electron chi connectivity index (χ0n) is 13.8. The molecular weight excluding hydrogens is 379 g/mol. The van der Waals surface area contributed by atoms with Gasteiger partial charge in [0.2, 0.25) is 0 Å². The van der Waals surface area contributed by atoms with Crippen LogP contribution in [0.25, 0.3) is 16.9 Å². The van der Waals surface area contributed by atoms with Gasteiger partial charge in [0, 0.05) is 12.3 Å². The first kappa shape index (κ1) is 17.5. The Hall–Kier alpha value is -3.89. The van der Waals surface area contributed by atoms with Crippen LogP contribution >= 0.6 is 0 Å². The molecule has 0 aliphatic heterocycles. The second kappa shape index (κ2) is 6.68. The lowest BCUT2D eigenvalue weighted by molar-refractivity contribution is -0.274. The molecular formula is C17H10F3N5O3. The van der Waals surface area contributed by atoms with E-state index in [1.54, 1.807) is 18.3 Å². The Bertz CT molecular complexity index is 1190. The van der Waals surface area contributed by atoms with E-state index in [1.165, 1.54) is 29.1 Å². The molecule has 0 saturated heterocycles. The van der Waals surface area contributed by atoms with Gasteiger partial charge in [-0.15, -0.1) is 13.2 Å². The Labute approximate surface area is 154 Å². The maximum Gasteiger partial charge on any atom is 0.573 e. The number of aromatic nitrogens is 5. The molecule has 0 unspecified atom stereocenters. The molecule has 0 fully saturated rings.